The fourth-order valence-corrected chi connectivity index (χ4v) is 2.61. The van der Waals surface area contributed by atoms with Crippen LogP contribution in [0, 0.1) is 0 Å². The Morgan fingerprint density at radius 3 is 2.42 bits per heavy atom. The zero-order valence-electron chi connectivity index (χ0n) is 11.1. The molecule has 19 heavy (non-hydrogen) atoms. The lowest BCUT2D eigenvalue weighted by Gasteiger charge is -2.23. The van der Waals surface area contributed by atoms with E-state index in [9.17, 15) is 14.4 Å². The monoisotopic (exact) mass is 313 g/mol. The first kappa shape index (κ1) is 18.9. The molecule has 0 heterocycles. The van der Waals surface area contributed by atoms with Crippen molar-refractivity contribution >= 4 is 16.0 Å². The SMILES string of the molecule is CC(C)=CCC/C(C)=C/CO[P+]([O-])(O)OP(=O)([O-])O. The summed E-state index contributed by atoms with van der Waals surface area (Å²) in [5.41, 5.74) is 2.12. The fourth-order valence-electron chi connectivity index (χ4n) is 1.12. The first-order valence-corrected chi connectivity index (χ1v) is 8.52. The second-order valence-corrected chi connectivity index (χ2v) is 6.97. The van der Waals surface area contributed by atoms with Crippen LogP contribution in [0.4, 0.5) is 0 Å². The molecule has 0 aliphatic heterocycles. The van der Waals surface area contributed by atoms with E-state index in [0.717, 1.165) is 18.4 Å². The third-order valence-electron chi connectivity index (χ3n) is 1.97. The molecule has 0 saturated heterocycles. The van der Waals surface area contributed by atoms with Gasteiger partial charge in [0.15, 0.2) is 0 Å². The highest BCUT2D eigenvalue weighted by molar-refractivity contribution is 7.63. The standard InChI is InChI=1S/C10H20O7P2/c1-9(2)5-4-6-10(3)7-8-16-19(14,15)17-18(11,12)13/h5,7H,4,6,8H2,1-3H3,(H,14,15)(H2,11,12,13)/p-1/b10-7+. The van der Waals surface area contributed by atoms with Crippen LogP contribution in [-0.4, -0.2) is 16.4 Å². The van der Waals surface area contributed by atoms with Crippen LogP contribution in [0.15, 0.2) is 23.3 Å². The van der Waals surface area contributed by atoms with Crippen LogP contribution in [-0.2, 0) is 13.4 Å². The molecule has 0 aliphatic rings. The van der Waals surface area contributed by atoms with Gasteiger partial charge in [0.2, 0.25) is 0 Å². The summed E-state index contributed by atoms with van der Waals surface area (Å²) >= 11 is 0. The van der Waals surface area contributed by atoms with Gasteiger partial charge in [-0.2, -0.15) is 9.42 Å². The highest BCUT2D eigenvalue weighted by atomic mass is 31.3. The summed E-state index contributed by atoms with van der Waals surface area (Å²) in [6, 6.07) is 0. The van der Waals surface area contributed by atoms with Gasteiger partial charge in [0, 0.05) is 0 Å². The third-order valence-corrected chi connectivity index (χ3v) is 4.09. The number of hydrogen-bond donors (Lipinski definition) is 2. The van der Waals surface area contributed by atoms with Crippen LogP contribution in [0.1, 0.15) is 33.6 Å². The van der Waals surface area contributed by atoms with Gasteiger partial charge in [0.25, 0.3) is 0 Å². The minimum atomic E-state index is -5.30. The van der Waals surface area contributed by atoms with Crippen molar-refractivity contribution in [3.05, 3.63) is 23.3 Å². The molecule has 2 N–H and O–H groups in total. The van der Waals surface area contributed by atoms with Crippen LogP contribution in [0.5, 0.6) is 0 Å². The Kier molecular flexibility index (Phi) is 8.20. The van der Waals surface area contributed by atoms with Gasteiger partial charge in [-0.25, -0.2) is 0 Å². The summed E-state index contributed by atoms with van der Waals surface area (Å²) in [6.07, 6.45) is 5.19. The van der Waals surface area contributed by atoms with E-state index in [1.165, 1.54) is 11.6 Å². The average molecular weight is 313 g/mol. The van der Waals surface area contributed by atoms with Gasteiger partial charge < -0.3 is 14.7 Å². The number of allylic oxidation sites excluding steroid dienone is 3. The lowest BCUT2D eigenvalue weighted by molar-refractivity contribution is -0.252. The summed E-state index contributed by atoms with van der Waals surface area (Å²) in [6.45, 7) is 5.50. The number of rotatable bonds is 8. The second-order valence-electron chi connectivity index (χ2n) is 4.19. The fraction of sp³-hybridized carbons (Fsp3) is 0.600. The number of hydrogen-bond acceptors (Lipinski definition) is 6. The van der Waals surface area contributed by atoms with E-state index in [2.05, 4.69) is 14.9 Å². The van der Waals surface area contributed by atoms with Gasteiger partial charge in [-0.15, -0.1) is 4.31 Å². The zero-order chi connectivity index (χ0) is 15.1. The molecule has 0 bridgehead atoms. The molecule has 2 atom stereocenters. The van der Waals surface area contributed by atoms with E-state index in [4.69, 9.17) is 9.79 Å². The van der Waals surface area contributed by atoms with Gasteiger partial charge in [-0.1, -0.05) is 23.3 Å². The van der Waals surface area contributed by atoms with Crippen LogP contribution in [0.25, 0.3) is 0 Å². The van der Waals surface area contributed by atoms with Crippen molar-refractivity contribution in [2.24, 2.45) is 0 Å². The maximum absolute atomic E-state index is 11.1. The maximum Gasteiger partial charge on any atom is 0.386 e. The molecule has 0 rings (SSSR count). The molecule has 0 spiro atoms. The molecule has 0 saturated carbocycles. The molecule has 0 radical (unpaired) electrons. The Balaban J connectivity index is 4.12. The highest BCUT2D eigenvalue weighted by Gasteiger charge is 2.32. The first-order chi connectivity index (χ1) is 8.52. The predicted octanol–water partition coefficient (Wildman–Crippen LogP) is 1.20. The number of phosphoric ester groups is 1. The van der Waals surface area contributed by atoms with E-state index in [0.29, 0.717) is 0 Å². The highest BCUT2D eigenvalue weighted by Crippen LogP contribution is 2.58. The van der Waals surface area contributed by atoms with E-state index in [1.54, 1.807) is 0 Å². The molecule has 0 aliphatic carbocycles. The van der Waals surface area contributed by atoms with Gasteiger partial charge in [0.05, 0.1) is 0 Å². The predicted molar refractivity (Wildman–Crippen MR) is 68.4 cm³/mol. The van der Waals surface area contributed by atoms with Crippen molar-refractivity contribution in [1.29, 1.82) is 0 Å². The topological polar surface area (TPSA) is 122 Å². The van der Waals surface area contributed by atoms with Crippen LogP contribution < -0.4 is 9.79 Å². The lowest BCUT2D eigenvalue weighted by Crippen LogP contribution is -2.17. The molecule has 0 amide bonds. The second kappa shape index (κ2) is 8.25. The van der Waals surface area contributed by atoms with Gasteiger partial charge >= 0.3 is 16.0 Å². The molecule has 2 unspecified atom stereocenters. The normalized spacial score (nSPS) is 18.6. The Morgan fingerprint density at radius 1 is 1.37 bits per heavy atom. The van der Waals surface area contributed by atoms with Crippen LogP contribution in [0.3, 0.4) is 0 Å². The van der Waals surface area contributed by atoms with Crippen molar-refractivity contribution < 1.29 is 33.0 Å². The third kappa shape index (κ3) is 12.7. The van der Waals surface area contributed by atoms with Crippen LogP contribution in [0.2, 0.25) is 0 Å². The average Bonchev–Trinajstić information content (AvgIpc) is 2.12. The molecule has 7 nitrogen and oxygen atoms in total. The van der Waals surface area contributed by atoms with E-state index < -0.39 is 16.0 Å². The lowest BCUT2D eigenvalue weighted by atomic mass is 10.1. The first-order valence-electron chi connectivity index (χ1n) is 5.53. The van der Waals surface area contributed by atoms with Crippen molar-refractivity contribution in [2.75, 3.05) is 6.61 Å². The van der Waals surface area contributed by atoms with E-state index >= 15 is 0 Å². The molecule has 0 fully saturated rings. The summed E-state index contributed by atoms with van der Waals surface area (Å²) in [4.78, 5) is 38.6. The number of phosphoric acid groups is 2. The summed E-state index contributed by atoms with van der Waals surface area (Å²) < 4.78 is 18.2. The minimum absolute atomic E-state index is 0.283. The maximum atomic E-state index is 11.1. The summed E-state index contributed by atoms with van der Waals surface area (Å²) in [7, 11) is -10.1. The molecular formula is C10H19O7P2-. The van der Waals surface area contributed by atoms with Gasteiger partial charge in [-0.05, 0) is 33.6 Å². The van der Waals surface area contributed by atoms with Crippen molar-refractivity contribution in [1.82, 2.24) is 0 Å². The molecule has 0 aromatic carbocycles. The van der Waals surface area contributed by atoms with Crippen molar-refractivity contribution in [2.45, 2.75) is 33.6 Å². The van der Waals surface area contributed by atoms with Crippen LogP contribution >= 0.6 is 16.0 Å². The quantitative estimate of drug-likeness (QED) is 0.510. The molecule has 0 aromatic rings. The van der Waals surface area contributed by atoms with E-state index in [-0.39, 0.29) is 6.61 Å². The molecule has 0 aromatic heterocycles. The molecule has 9 heteroatoms. The smallest absolute Gasteiger partial charge is 0.386 e. The van der Waals surface area contributed by atoms with Gasteiger partial charge in [-0.3, -0.25) is 4.57 Å². The Morgan fingerprint density at radius 2 is 1.95 bits per heavy atom. The zero-order valence-corrected chi connectivity index (χ0v) is 12.9. The summed E-state index contributed by atoms with van der Waals surface area (Å²) in [5, 5.41) is 0. The Hall–Kier alpha value is -0.100. The minimum Gasteiger partial charge on any atom is -0.754 e. The Bertz CT molecular complexity index is 379. The Labute approximate surface area is 113 Å². The van der Waals surface area contributed by atoms with Crippen molar-refractivity contribution in [3.8, 4) is 0 Å². The summed E-state index contributed by atoms with van der Waals surface area (Å²) in [5.74, 6) is 0. The largest absolute Gasteiger partial charge is 0.754 e. The molecule has 112 valence electrons. The van der Waals surface area contributed by atoms with Crippen molar-refractivity contribution in [3.63, 3.8) is 0 Å². The molecular weight excluding hydrogens is 294 g/mol. The van der Waals surface area contributed by atoms with Gasteiger partial charge in [0.1, 0.15) is 6.61 Å². The van der Waals surface area contributed by atoms with E-state index in [1.807, 2.05) is 20.8 Å².